The van der Waals surface area contributed by atoms with Crippen molar-refractivity contribution in [2.24, 2.45) is 0 Å². The fourth-order valence-corrected chi connectivity index (χ4v) is 3.95. The van der Waals surface area contributed by atoms with Crippen molar-refractivity contribution < 1.29 is 17.2 Å². The first-order valence-corrected chi connectivity index (χ1v) is 8.81. The van der Waals surface area contributed by atoms with Crippen LogP contribution in [0.25, 0.3) is 22.0 Å². The number of aromatic nitrogens is 2. The van der Waals surface area contributed by atoms with Crippen LogP contribution < -0.4 is 10.5 Å². The van der Waals surface area contributed by atoms with Crippen LogP contribution in [0.3, 0.4) is 0 Å². The fraction of sp³-hybridized carbons (Fsp3) is 0. The molecule has 0 amide bonds. The average molecular weight is 382 g/mol. The third kappa shape index (κ3) is 2.67. The molecule has 0 radical (unpaired) electrons. The molecule has 2 aromatic heterocycles. The summed E-state index contributed by atoms with van der Waals surface area (Å²) in [6, 6.07) is 6.77. The van der Waals surface area contributed by atoms with E-state index in [1.54, 1.807) is 18.2 Å². The highest BCUT2D eigenvalue weighted by atomic mass is 35.5. The third-order valence-corrected chi connectivity index (χ3v) is 5.29. The van der Waals surface area contributed by atoms with Crippen molar-refractivity contribution in [1.29, 1.82) is 0 Å². The molecule has 0 saturated heterocycles. The Kier molecular flexibility index (Phi) is 3.37. The second-order valence-corrected chi connectivity index (χ2v) is 7.38. The highest BCUT2D eigenvalue weighted by molar-refractivity contribution is 7.93. The summed E-state index contributed by atoms with van der Waals surface area (Å²) in [7, 11) is -4.09. The Labute approximate surface area is 144 Å². The number of oxazole rings is 1. The number of aromatic amines is 2. The van der Waals surface area contributed by atoms with Gasteiger partial charge in [0.2, 0.25) is 0 Å². The lowest BCUT2D eigenvalue weighted by molar-refractivity contribution is 0.555. The third-order valence-electron chi connectivity index (χ3n) is 3.65. The molecule has 0 aliphatic carbocycles. The van der Waals surface area contributed by atoms with E-state index in [1.807, 2.05) is 0 Å². The number of fused-ring (bicyclic) bond motifs is 2. The normalized spacial score (nSPS) is 12.1. The molecule has 0 fully saturated rings. The summed E-state index contributed by atoms with van der Waals surface area (Å²) in [5.41, 5.74) is 0.362. The first-order valence-electron chi connectivity index (χ1n) is 6.95. The molecule has 2 aromatic carbocycles. The largest absolute Gasteiger partial charge is 0.417 e. The Morgan fingerprint density at radius 3 is 2.76 bits per heavy atom. The first-order chi connectivity index (χ1) is 11.8. The number of rotatable bonds is 3. The van der Waals surface area contributed by atoms with Gasteiger partial charge in [0.25, 0.3) is 10.0 Å². The minimum absolute atomic E-state index is 0.0369. The predicted octanol–water partition coefficient (Wildman–Crippen LogP) is 3.20. The van der Waals surface area contributed by atoms with Crippen LogP contribution in [0.15, 0.2) is 50.6 Å². The molecule has 0 aliphatic heterocycles. The lowest BCUT2D eigenvalue weighted by Crippen LogP contribution is -2.13. The second kappa shape index (κ2) is 5.36. The molecule has 25 heavy (non-hydrogen) atoms. The molecule has 4 rings (SSSR count). The zero-order valence-electron chi connectivity index (χ0n) is 12.3. The standard InChI is InChI=1S/C15H9ClFN3O4S/c16-7-1-2-8-10(3-7)18-6-14(8)25(22,23)20-11-5-13-12(4-9(11)17)19-15(21)24-13/h1-6,18,20H,(H,19,21). The number of halogens is 2. The van der Waals surface area contributed by atoms with E-state index in [1.165, 1.54) is 6.20 Å². The zero-order chi connectivity index (χ0) is 17.8. The van der Waals surface area contributed by atoms with Crippen molar-refractivity contribution in [3.63, 3.8) is 0 Å². The zero-order valence-corrected chi connectivity index (χ0v) is 13.8. The van der Waals surface area contributed by atoms with Crippen molar-refractivity contribution in [1.82, 2.24) is 9.97 Å². The lowest BCUT2D eigenvalue weighted by atomic mass is 10.2. The minimum Gasteiger partial charge on any atom is -0.408 e. The molecule has 2 heterocycles. The molecule has 0 bridgehead atoms. The van der Waals surface area contributed by atoms with Crippen LogP contribution in [-0.4, -0.2) is 18.4 Å². The van der Waals surface area contributed by atoms with E-state index in [2.05, 4.69) is 14.7 Å². The van der Waals surface area contributed by atoms with Crippen LogP contribution in [0, 0.1) is 5.82 Å². The summed E-state index contributed by atoms with van der Waals surface area (Å²) < 4.78 is 46.4. The highest BCUT2D eigenvalue weighted by Gasteiger charge is 2.21. The number of hydrogen-bond donors (Lipinski definition) is 3. The SMILES string of the molecule is O=c1[nH]c2cc(F)c(NS(=O)(=O)c3c[nH]c4cc(Cl)ccc34)cc2o1. The van der Waals surface area contributed by atoms with E-state index in [-0.39, 0.29) is 21.7 Å². The summed E-state index contributed by atoms with van der Waals surface area (Å²) in [5.74, 6) is -1.61. The van der Waals surface area contributed by atoms with Crippen molar-refractivity contribution in [2.45, 2.75) is 4.90 Å². The van der Waals surface area contributed by atoms with Gasteiger partial charge in [0.15, 0.2) is 5.58 Å². The van der Waals surface area contributed by atoms with E-state index < -0.39 is 21.6 Å². The molecule has 7 nitrogen and oxygen atoms in total. The summed E-state index contributed by atoms with van der Waals surface area (Å²) >= 11 is 5.88. The van der Waals surface area contributed by atoms with Crippen LogP contribution >= 0.6 is 11.6 Å². The van der Waals surface area contributed by atoms with Gasteiger partial charge in [0, 0.05) is 34.3 Å². The molecule has 0 spiro atoms. The smallest absolute Gasteiger partial charge is 0.408 e. The van der Waals surface area contributed by atoms with Crippen LogP contribution in [0.2, 0.25) is 5.02 Å². The van der Waals surface area contributed by atoms with Crippen molar-refractivity contribution in [3.05, 3.63) is 57.9 Å². The van der Waals surface area contributed by atoms with Gasteiger partial charge in [-0.15, -0.1) is 0 Å². The minimum atomic E-state index is -4.09. The van der Waals surface area contributed by atoms with Gasteiger partial charge >= 0.3 is 5.76 Å². The molecule has 3 N–H and O–H groups in total. The number of benzene rings is 2. The maximum Gasteiger partial charge on any atom is 0.417 e. The molecule has 10 heteroatoms. The van der Waals surface area contributed by atoms with E-state index in [0.717, 1.165) is 12.1 Å². The predicted molar refractivity (Wildman–Crippen MR) is 90.9 cm³/mol. The maximum absolute atomic E-state index is 14.2. The van der Waals surface area contributed by atoms with Gasteiger partial charge in [-0.25, -0.2) is 17.6 Å². The van der Waals surface area contributed by atoms with E-state index in [4.69, 9.17) is 16.0 Å². The van der Waals surface area contributed by atoms with Gasteiger partial charge in [-0.3, -0.25) is 9.71 Å². The quantitative estimate of drug-likeness (QED) is 0.506. The van der Waals surface area contributed by atoms with Gasteiger partial charge in [-0.05, 0) is 18.2 Å². The van der Waals surface area contributed by atoms with Gasteiger partial charge in [-0.2, -0.15) is 0 Å². The van der Waals surface area contributed by atoms with Gasteiger partial charge in [0.05, 0.1) is 11.2 Å². The molecule has 0 aliphatic rings. The summed E-state index contributed by atoms with van der Waals surface area (Å²) in [5, 5.41) is 0.858. The van der Waals surface area contributed by atoms with E-state index in [9.17, 15) is 17.6 Å². The Morgan fingerprint density at radius 1 is 1.16 bits per heavy atom. The summed E-state index contributed by atoms with van der Waals surface area (Å²) in [6.45, 7) is 0. The molecule has 0 saturated carbocycles. The van der Waals surface area contributed by atoms with Crippen molar-refractivity contribution in [3.8, 4) is 0 Å². The highest BCUT2D eigenvalue weighted by Crippen LogP contribution is 2.28. The Bertz CT molecular complexity index is 1290. The summed E-state index contributed by atoms with van der Waals surface area (Å²) in [4.78, 5) is 16.2. The Hall–Kier alpha value is -2.78. The number of sulfonamides is 1. The van der Waals surface area contributed by atoms with E-state index in [0.29, 0.717) is 15.9 Å². The maximum atomic E-state index is 14.2. The van der Waals surface area contributed by atoms with Crippen molar-refractivity contribution >= 4 is 49.3 Å². The van der Waals surface area contributed by atoms with Gasteiger partial charge in [-0.1, -0.05) is 11.6 Å². The second-order valence-electron chi connectivity index (χ2n) is 5.29. The fourth-order valence-electron chi connectivity index (χ4n) is 2.54. The van der Waals surface area contributed by atoms with Crippen LogP contribution in [0.1, 0.15) is 0 Å². The number of hydrogen-bond acceptors (Lipinski definition) is 4. The van der Waals surface area contributed by atoms with Crippen LogP contribution in [-0.2, 0) is 10.0 Å². The van der Waals surface area contributed by atoms with Crippen molar-refractivity contribution in [2.75, 3.05) is 4.72 Å². The molecular weight excluding hydrogens is 373 g/mol. The number of nitrogens with one attached hydrogen (secondary N) is 3. The van der Waals surface area contributed by atoms with Gasteiger partial charge < -0.3 is 9.40 Å². The van der Waals surface area contributed by atoms with Gasteiger partial charge in [0.1, 0.15) is 10.7 Å². The Balaban J connectivity index is 1.80. The number of H-pyrrole nitrogens is 2. The lowest BCUT2D eigenvalue weighted by Gasteiger charge is -2.08. The molecule has 128 valence electrons. The Morgan fingerprint density at radius 2 is 1.96 bits per heavy atom. The average Bonchev–Trinajstić information content (AvgIpc) is 3.09. The molecule has 0 unspecified atom stereocenters. The van der Waals surface area contributed by atoms with Crippen LogP contribution in [0.4, 0.5) is 10.1 Å². The van der Waals surface area contributed by atoms with Crippen LogP contribution in [0.5, 0.6) is 0 Å². The monoisotopic (exact) mass is 381 g/mol. The molecule has 4 aromatic rings. The molecule has 0 atom stereocenters. The topological polar surface area (TPSA) is 108 Å². The van der Waals surface area contributed by atoms with E-state index >= 15 is 0 Å². The summed E-state index contributed by atoms with van der Waals surface area (Å²) in [6.07, 6.45) is 1.29. The number of anilines is 1. The first kappa shape index (κ1) is 15.7. The molecular formula is C15H9ClFN3O4S.